The summed E-state index contributed by atoms with van der Waals surface area (Å²) in [6.45, 7) is 7.64. The molecule has 1 amide bonds. The van der Waals surface area contributed by atoms with Gasteiger partial charge in [0.05, 0.1) is 23.6 Å². The van der Waals surface area contributed by atoms with Crippen LogP contribution in [0.5, 0.6) is 5.75 Å². The van der Waals surface area contributed by atoms with Gasteiger partial charge in [-0.15, -0.1) is 0 Å². The zero-order chi connectivity index (χ0) is 31.7. The van der Waals surface area contributed by atoms with E-state index in [2.05, 4.69) is 22.3 Å². The molecule has 3 aliphatic rings. The number of nitrogens with two attached hydrogens (primary N) is 1. The third-order valence-electron chi connectivity index (χ3n) is 9.15. The molecule has 5 rings (SSSR count). The zero-order valence-corrected chi connectivity index (χ0v) is 27.4. The van der Waals surface area contributed by atoms with Crippen molar-refractivity contribution < 1.29 is 27.5 Å². The van der Waals surface area contributed by atoms with Crippen LogP contribution in [0.1, 0.15) is 80.8 Å². The smallest absolute Gasteiger partial charge is 0.338 e. The Labute approximate surface area is 265 Å². The summed E-state index contributed by atoms with van der Waals surface area (Å²) in [5.74, 6) is 0.685. The third kappa shape index (κ3) is 7.87. The molecule has 1 saturated carbocycles. The molecule has 2 aromatic rings. The van der Waals surface area contributed by atoms with Crippen LogP contribution in [0.25, 0.3) is 0 Å². The second kappa shape index (κ2) is 12.9. The summed E-state index contributed by atoms with van der Waals surface area (Å²) in [7, 11) is -3.61. The summed E-state index contributed by atoms with van der Waals surface area (Å²) in [4.78, 5) is 27.9. The number of hydrogen-bond donors (Lipinski definition) is 2. The average Bonchev–Trinajstić information content (AvgIpc) is 3.06. The van der Waals surface area contributed by atoms with Gasteiger partial charge in [0.25, 0.3) is 0 Å². The minimum Gasteiger partial charge on any atom is -0.490 e. The largest absolute Gasteiger partial charge is 0.490 e. The highest BCUT2D eigenvalue weighted by Gasteiger charge is 2.43. The van der Waals surface area contributed by atoms with E-state index in [9.17, 15) is 18.0 Å². The molecule has 1 heterocycles. The zero-order valence-electron chi connectivity index (χ0n) is 25.9. The van der Waals surface area contributed by atoms with Gasteiger partial charge < -0.3 is 19.7 Å². The molecular weight excluding hydrogens is 602 g/mol. The van der Waals surface area contributed by atoms with Crippen molar-refractivity contribution in [3.8, 4) is 5.75 Å². The summed E-state index contributed by atoms with van der Waals surface area (Å²) < 4.78 is 34.6. The molecule has 0 aromatic heterocycles. The van der Waals surface area contributed by atoms with Crippen LogP contribution >= 0.6 is 11.6 Å². The van der Waals surface area contributed by atoms with Gasteiger partial charge in [-0.1, -0.05) is 17.7 Å². The van der Waals surface area contributed by atoms with Crippen molar-refractivity contribution in [2.45, 2.75) is 76.7 Å². The number of carbonyl (C=O) groups excluding carboxylic acids is 2. The van der Waals surface area contributed by atoms with Crippen molar-refractivity contribution >= 4 is 39.2 Å². The van der Waals surface area contributed by atoms with Crippen molar-refractivity contribution in [3.05, 3.63) is 58.1 Å². The highest BCUT2D eigenvalue weighted by molar-refractivity contribution is 7.89. The number of carbonyl (C=O) groups is 2. The van der Waals surface area contributed by atoms with Crippen LogP contribution in [0.15, 0.2) is 36.4 Å². The first kappa shape index (κ1) is 32.6. The summed E-state index contributed by atoms with van der Waals surface area (Å²) in [6, 6.07) is 11.8. The van der Waals surface area contributed by atoms with Crippen LogP contribution in [0.4, 0.5) is 5.69 Å². The van der Waals surface area contributed by atoms with Gasteiger partial charge in [-0.25, -0.2) is 18.4 Å². The average molecular weight is 646 g/mol. The minimum atomic E-state index is -3.61. The Bertz CT molecular complexity index is 1510. The van der Waals surface area contributed by atoms with Gasteiger partial charge in [0.1, 0.15) is 11.4 Å². The van der Waals surface area contributed by atoms with Crippen molar-refractivity contribution in [2.24, 2.45) is 17.0 Å². The van der Waals surface area contributed by atoms with Crippen LogP contribution in [-0.4, -0.2) is 57.9 Å². The number of aryl methyl sites for hydroxylation is 1. The summed E-state index contributed by atoms with van der Waals surface area (Å²) in [6.07, 6.45) is 6.16. The molecular formula is C33H44ClN3O6S. The van der Waals surface area contributed by atoms with Crippen LogP contribution in [0.3, 0.4) is 0 Å². The van der Waals surface area contributed by atoms with E-state index in [-0.39, 0.29) is 29.6 Å². The standard InChI is InChI=1S/C33H44ClN3O6S/c1-32(2,3)43-31(39)24-8-12-29-28(18-24)37(19-25-7-6-22(25)9-13-30(38)36-15-16-44(35,40)41)20-33(21-42-29)14-4-5-23-17-26(34)10-11-27(23)33/h8,10-12,17-18,22,25H,4-7,9,13-16,19-21H2,1-3H3,(H,36,38)(H2,35,40,41)/t22-,25-,33-/m0/s1. The first-order valence-corrected chi connectivity index (χ1v) is 17.6. The Morgan fingerprint density at radius 1 is 1.16 bits per heavy atom. The van der Waals surface area contributed by atoms with Gasteiger partial charge in [-0.2, -0.15) is 0 Å². The van der Waals surface area contributed by atoms with Gasteiger partial charge >= 0.3 is 5.97 Å². The number of amides is 1. The SMILES string of the molecule is CC(C)(C)OC(=O)c1ccc2c(c1)N(C[C@@H]1CC[C@H]1CCC(=O)NCCS(N)(=O)=O)C[C@@]1(CCCc3cc(Cl)ccc31)CO2. The fraction of sp³-hybridized carbons (Fsp3) is 0.576. The van der Waals surface area contributed by atoms with Gasteiger partial charge in [0, 0.05) is 36.5 Å². The van der Waals surface area contributed by atoms with Crippen LogP contribution in [0.2, 0.25) is 5.02 Å². The van der Waals surface area contributed by atoms with Crippen LogP contribution in [-0.2, 0) is 31.4 Å². The number of esters is 1. The highest BCUT2D eigenvalue weighted by Crippen LogP contribution is 2.46. The predicted molar refractivity (Wildman–Crippen MR) is 172 cm³/mol. The molecule has 2 aromatic carbocycles. The molecule has 2 aliphatic carbocycles. The minimum absolute atomic E-state index is 0.0189. The molecule has 9 nitrogen and oxygen atoms in total. The maximum atomic E-state index is 13.1. The molecule has 11 heteroatoms. The number of hydrogen-bond acceptors (Lipinski definition) is 7. The number of fused-ring (bicyclic) bond motifs is 3. The lowest BCUT2D eigenvalue weighted by Gasteiger charge is -2.44. The fourth-order valence-corrected chi connectivity index (χ4v) is 7.44. The Balaban J connectivity index is 1.38. The number of rotatable bonds is 9. The quantitative estimate of drug-likeness (QED) is 0.368. The summed E-state index contributed by atoms with van der Waals surface area (Å²) >= 11 is 6.40. The lowest BCUT2D eigenvalue weighted by Crippen LogP contribution is -2.48. The molecule has 0 unspecified atom stereocenters. The van der Waals surface area contributed by atoms with E-state index in [1.54, 1.807) is 6.07 Å². The second-order valence-electron chi connectivity index (χ2n) is 13.6. The fourth-order valence-electron chi connectivity index (χ4n) is 6.86. The van der Waals surface area contributed by atoms with Crippen LogP contribution in [0, 0.1) is 11.8 Å². The third-order valence-corrected chi connectivity index (χ3v) is 10.2. The lowest BCUT2D eigenvalue weighted by atomic mass is 9.69. The van der Waals surface area contributed by atoms with E-state index in [0.29, 0.717) is 30.4 Å². The second-order valence-corrected chi connectivity index (χ2v) is 15.8. The molecule has 3 N–H and O–H groups in total. The number of primary sulfonamides is 1. The molecule has 44 heavy (non-hydrogen) atoms. The maximum absolute atomic E-state index is 13.1. The maximum Gasteiger partial charge on any atom is 0.338 e. The van der Waals surface area contributed by atoms with E-state index in [1.165, 1.54) is 11.1 Å². The van der Waals surface area contributed by atoms with Gasteiger partial charge in [0.15, 0.2) is 0 Å². The van der Waals surface area contributed by atoms with Crippen molar-refractivity contribution in [3.63, 3.8) is 0 Å². The number of benzene rings is 2. The van der Waals surface area contributed by atoms with E-state index < -0.39 is 15.6 Å². The van der Waals surface area contributed by atoms with Crippen molar-refractivity contribution in [2.75, 3.05) is 36.9 Å². The number of halogens is 1. The Morgan fingerprint density at radius 2 is 1.93 bits per heavy atom. The normalized spacial score (nSPS) is 23.1. The van der Waals surface area contributed by atoms with E-state index in [0.717, 1.165) is 68.1 Å². The first-order valence-electron chi connectivity index (χ1n) is 15.5. The monoisotopic (exact) mass is 645 g/mol. The summed E-state index contributed by atoms with van der Waals surface area (Å²) in [5, 5.41) is 8.45. The molecule has 240 valence electrons. The number of anilines is 1. The number of nitrogens with one attached hydrogen (secondary N) is 1. The molecule has 1 spiro atoms. The topological polar surface area (TPSA) is 128 Å². The van der Waals surface area contributed by atoms with Crippen LogP contribution < -0.4 is 20.1 Å². The van der Waals surface area contributed by atoms with Crippen molar-refractivity contribution in [1.29, 1.82) is 0 Å². The lowest BCUT2D eigenvalue weighted by molar-refractivity contribution is -0.121. The van der Waals surface area contributed by atoms with Gasteiger partial charge in [-0.3, -0.25) is 4.79 Å². The molecule has 0 radical (unpaired) electrons. The molecule has 0 bridgehead atoms. The van der Waals surface area contributed by atoms with E-state index >= 15 is 0 Å². The van der Waals surface area contributed by atoms with E-state index in [4.69, 9.17) is 26.2 Å². The Hall–Kier alpha value is -2.82. The first-order chi connectivity index (χ1) is 20.7. The predicted octanol–water partition coefficient (Wildman–Crippen LogP) is 4.98. The summed E-state index contributed by atoms with van der Waals surface area (Å²) in [5.41, 5.74) is 3.08. The molecule has 0 saturated heterocycles. The van der Waals surface area contributed by atoms with Gasteiger partial charge in [-0.05, 0) is 113 Å². The molecule has 1 fully saturated rings. The van der Waals surface area contributed by atoms with Gasteiger partial charge in [0.2, 0.25) is 15.9 Å². The van der Waals surface area contributed by atoms with Crippen molar-refractivity contribution in [1.82, 2.24) is 5.32 Å². The van der Waals surface area contributed by atoms with E-state index in [1.807, 2.05) is 39.0 Å². The highest BCUT2D eigenvalue weighted by atomic mass is 35.5. The number of sulfonamides is 1. The molecule has 3 atom stereocenters. The Morgan fingerprint density at radius 3 is 2.64 bits per heavy atom. The number of ether oxygens (including phenoxy) is 2. The molecule has 1 aliphatic heterocycles. The number of nitrogens with zero attached hydrogens (tertiary/aromatic N) is 1. The Kier molecular flexibility index (Phi) is 9.54.